The lowest BCUT2D eigenvalue weighted by atomic mass is 10.1. The second-order valence-corrected chi connectivity index (χ2v) is 9.05. The van der Waals surface area contributed by atoms with Crippen molar-refractivity contribution >= 4 is 33.0 Å². The molecule has 1 aliphatic rings. The Hall–Kier alpha value is -1.90. The van der Waals surface area contributed by atoms with Gasteiger partial charge in [-0.3, -0.25) is 4.79 Å². The minimum Gasteiger partial charge on any atom is -0.399 e. The van der Waals surface area contributed by atoms with Crippen molar-refractivity contribution in [3.8, 4) is 0 Å². The number of carbonyl (C=O) groups is 1. The van der Waals surface area contributed by atoms with Crippen molar-refractivity contribution in [2.45, 2.75) is 29.5 Å². The van der Waals surface area contributed by atoms with E-state index in [9.17, 15) is 13.2 Å². The van der Waals surface area contributed by atoms with Crippen LogP contribution in [0, 0.1) is 0 Å². The molecule has 1 unspecified atom stereocenters. The summed E-state index contributed by atoms with van der Waals surface area (Å²) in [4.78, 5) is 12.5. The van der Waals surface area contributed by atoms with Crippen LogP contribution in [-0.2, 0) is 21.2 Å². The van der Waals surface area contributed by atoms with Crippen LogP contribution in [-0.4, -0.2) is 37.8 Å². The first-order valence-corrected chi connectivity index (χ1v) is 10.5. The number of nitrogens with two attached hydrogens (primary N) is 1. The Morgan fingerprint density at radius 2 is 2.04 bits per heavy atom. The first-order chi connectivity index (χ1) is 12.0. The molecule has 0 aliphatic carbocycles. The third-order valence-corrected chi connectivity index (χ3v) is 7.54. The Labute approximate surface area is 151 Å². The van der Waals surface area contributed by atoms with Crippen molar-refractivity contribution in [2.75, 3.05) is 18.8 Å². The molecule has 25 heavy (non-hydrogen) atoms. The van der Waals surface area contributed by atoms with Crippen molar-refractivity contribution in [3.63, 3.8) is 0 Å². The highest BCUT2D eigenvalue weighted by Crippen LogP contribution is 2.28. The lowest BCUT2D eigenvalue weighted by Crippen LogP contribution is -2.46. The number of thiophene rings is 1. The van der Waals surface area contributed by atoms with Crippen molar-refractivity contribution in [1.29, 1.82) is 0 Å². The highest BCUT2D eigenvalue weighted by atomic mass is 32.2. The molecular weight excluding hydrogens is 358 g/mol. The van der Waals surface area contributed by atoms with E-state index in [0.29, 0.717) is 38.0 Å². The molecule has 0 radical (unpaired) electrons. The average Bonchev–Trinajstić information content (AvgIpc) is 3.28. The van der Waals surface area contributed by atoms with Gasteiger partial charge < -0.3 is 11.1 Å². The number of nitrogens with one attached hydrogen (secondary N) is 1. The SMILES string of the molecule is Nc1ccc(CCNC(=O)C2CCCN2S(=O)(=O)c2cccs2)cc1. The summed E-state index contributed by atoms with van der Waals surface area (Å²) in [5, 5.41) is 4.59. The fourth-order valence-electron chi connectivity index (χ4n) is 2.95. The van der Waals surface area contributed by atoms with Gasteiger partial charge in [-0.05, 0) is 48.4 Å². The summed E-state index contributed by atoms with van der Waals surface area (Å²) in [6.45, 7) is 0.850. The molecule has 1 aromatic heterocycles. The van der Waals surface area contributed by atoms with Gasteiger partial charge in [0.25, 0.3) is 10.0 Å². The first-order valence-electron chi connectivity index (χ1n) is 8.16. The maximum Gasteiger partial charge on any atom is 0.253 e. The number of rotatable bonds is 6. The fraction of sp³-hybridized carbons (Fsp3) is 0.353. The molecule has 0 bridgehead atoms. The Bertz CT molecular complexity index is 817. The smallest absolute Gasteiger partial charge is 0.253 e. The quantitative estimate of drug-likeness (QED) is 0.749. The standard InChI is InChI=1S/C17H21N3O3S2/c18-14-7-5-13(6-8-14)9-10-19-17(21)15-3-1-11-20(15)25(22,23)16-4-2-12-24-16/h2,4-8,12,15H,1,3,9-11,18H2,(H,19,21). The van der Waals surface area contributed by atoms with Crippen molar-refractivity contribution in [3.05, 3.63) is 47.3 Å². The monoisotopic (exact) mass is 379 g/mol. The third kappa shape index (κ3) is 4.02. The molecule has 0 spiro atoms. The summed E-state index contributed by atoms with van der Waals surface area (Å²) < 4.78 is 27.0. The predicted molar refractivity (Wildman–Crippen MR) is 98.8 cm³/mol. The van der Waals surface area contributed by atoms with Crippen LogP contribution in [0.5, 0.6) is 0 Å². The Morgan fingerprint density at radius 3 is 2.72 bits per heavy atom. The van der Waals surface area contributed by atoms with Gasteiger partial charge in [-0.2, -0.15) is 4.31 Å². The van der Waals surface area contributed by atoms with Crippen LogP contribution in [0.3, 0.4) is 0 Å². The van der Waals surface area contributed by atoms with Crippen LogP contribution in [0.15, 0.2) is 46.0 Å². The zero-order chi connectivity index (χ0) is 17.9. The highest BCUT2D eigenvalue weighted by Gasteiger charge is 2.39. The molecule has 2 heterocycles. The summed E-state index contributed by atoms with van der Waals surface area (Å²) in [7, 11) is -3.59. The number of hydrogen-bond acceptors (Lipinski definition) is 5. The van der Waals surface area contributed by atoms with Gasteiger partial charge in [0.15, 0.2) is 0 Å². The van der Waals surface area contributed by atoms with E-state index in [1.165, 1.54) is 15.6 Å². The van der Waals surface area contributed by atoms with Crippen molar-refractivity contribution in [2.24, 2.45) is 0 Å². The molecular formula is C17H21N3O3S2. The largest absolute Gasteiger partial charge is 0.399 e. The molecule has 1 fully saturated rings. The molecule has 1 atom stereocenters. The summed E-state index contributed by atoms with van der Waals surface area (Å²) in [5.41, 5.74) is 7.43. The van der Waals surface area contributed by atoms with Gasteiger partial charge in [0, 0.05) is 18.8 Å². The molecule has 3 N–H and O–H groups in total. The molecule has 1 aromatic carbocycles. The fourth-order valence-corrected chi connectivity index (χ4v) is 5.72. The van der Waals surface area contributed by atoms with Gasteiger partial charge in [0.1, 0.15) is 10.3 Å². The van der Waals surface area contributed by atoms with Crippen molar-refractivity contribution < 1.29 is 13.2 Å². The van der Waals surface area contributed by atoms with Gasteiger partial charge in [0.05, 0.1) is 0 Å². The van der Waals surface area contributed by atoms with E-state index < -0.39 is 16.1 Å². The van der Waals surface area contributed by atoms with E-state index in [1.807, 2.05) is 24.3 Å². The van der Waals surface area contributed by atoms with E-state index >= 15 is 0 Å². The number of anilines is 1. The topological polar surface area (TPSA) is 92.5 Å². The van der Waals surface area contributed by atoms with Crippen LogP contribution in [0.25, 0.3) is 0 Å². The second kappa shape index (κ2) is 7.55. The Balaban J connectivity index is 1.60. The lowest BCUT2D eigenvalue weighted by molar-refractivity contribution is -0.124. The van der Waals surface area contributed by atoms with E-state index in [-0.39, 0.29) is 10.1 Å². The van der Waals surface area contributed by atoms with E-state index in [1.54, 1.807) is 17.5 Å². The minimum atomic E-state index is -3.59. The number of sulfonamides is 1. The number of benzene rings is 1. The molecule has 1 aliphatic heterocycles. The molecule has 134 valence electrons. The Morgan fingerprint density at radius 1 is 1.28 bits per heavy atom. The van der Waals surface area contributed by atoms with Gasteiger partial charge >= 0.3 is 0 Å². The van der Waals surface area contributed by atoms with Gasteiger partial charge in [0.2, 0.25) is 5.91 Å². The predicted octanol–water partition coefficient (Wildman–Crippen LogP) is 1.84. The molecule has 2 aromatic rings. The summed E-state index contributed by atoms with van der Waals surface area (Å²) in [6.07, 6.45) is 1.93. The molecule has 8 heteroatoms. The molecule has 1 saturated heterocycles. The second-order valence-electron chi connectivity index (χ2n) is 5.99. The van der Waals surface area contributed by atoms with E-state index in [4.69, 9.17) is 5.73 Å². The van der Waals surface area contributed by atoms with Gasteiger partial charge in [-0.1, -0.05) is 18.2 Å². The number of amides is 1. The Kier molecular flexibility index (Phi) is 5.41. The maximum absolute atomic E-state index is 12.7. The molecule has 6 nitrogen and oxygen atoms in total. The first kappa shape index (κ1) is 17.9. The number of hydrogen-bond donors (Lipinski definition) is 2. The third-order valence-electron chi connectivity index (χ3n) is 4.26. The van der Waals surface area contributed by atoms with Crippen LogP contribution < -0.4 is 11.1 Å². The number of nitrogens with zero attached hydrogens (tertiary/aromatic N) is 1. The van der Waals surface area contributed by atoms with E-state index in [2.05, 4.69) is 5.32 Å². The average molecular weight is 380 g/mol. The molecule has 1 amide bonds. The minimum absolute atomic E-state index is 0.229. The number of carbonyl (C=O) groups excluding carboxylic acids is 1. The van der Waals surface area contributed by atoms with Gasteiger partial charge in [-0.25, -0.2) is 8.42 Å². The van der Waals surface area contributed by atoms with Crippen LogP contribution in [0.4, 0.5) is 5.69 Å². The van der Waals surface area contributed by atoms with Gasteiger partial charge in [-0.15, -0.1) is 11.3 Å². The van der Waals surface area contributed by atoms with Crippen LogP contribution in [0.1, 0.15) is 18.4 Å². The van der Waals surface area contributed by atoms with Crippen LogP contribution in [0.2, 0.25) is 0 Å². The van der Waals surface area contributed by atoms with Crippen LogP contribution >= 0.6 is 11.3 Å². The zero-order valence-electron chi connectivity index (χ0n) is 13.7. The molecule has 0 saturated carbocycles. The number of nitrogen functional groups attached to an aromatic ring is 1. The van der Waals surface area contributed by atoms with E-state index in [0.717, 1.165) is 5.56 Å². The summed E-state index contributed by atoms with van der Waals surface area (Å²) >= 11 is 1.18. The lowest BCUT2D eigenvalue weighted by Gasteiger charge is -2.22. The normalized spacial score (nSPS) is 18.3. The maximum atomic E-state index is 12.7. The summed E-state index contributed by atoms with van der Waals surface area (Å²) in [6, 6.07) is 10.1. The summed E-state index contributed by atoms with van der Waals surface area (Å²) in [5.74, 6) is -0.229. The molecule has 3 rings (SSSR count). The zero-order valence-corrected chi connectivity index (χ0v) is 15.4. The highest BCUT2D eigenvalue weighted by molar-refractivity contribution is 7.91. The van der Waals surface area contributed by atoms with Crippen molar-refractivity contribution in [1.82, 2.24) is 9.62 Å².